The molecular formula is C18H13BrClN5O3S. The lowest BCUT2D eigenvalue weighted by Crippen LogP contribution is -2.16. The van der Waals surface area contributed by atoms with Gasteiger partial charge in [0, 0.05) is 21.1 Å². The van der Waals surface area contributed by atoms with Crippen LogP contribution in [0.5, 0.6) is 5.75 Å². The Morgan fingerprint density at radius 3 is 2.69 bits per heavy atom. The maximum Gasteiger partial charge on any atom is 0.266 e. The number of fused-ring (bicyclic) bond motifs is 1. The van der Waals surface area contributed by atoms with Crippen molar-refractivity contribution in [2.75, 3.05) is 11.8 Å². The van der Waals surface area contributed by atoms with E-state index in [-0.39, 0.29) is 16.5 Å². The van der Waals surface area contributed by atoms with Gasteiger partial charge in [-0.05, 0) is 36.4 Å². The van der Waals surface area contributed by atoms with Crippen molar-refractivity contribution in [2.45, 2.75) is 4.90 Å². The molecule has 2 aromatic heterocycles. The monoisotopic (exact) mass is 493 g/mol. The minimum absolute atomic E-state index is 0.0535. The molecule has 1 N–H and O–H groups in total. The highest BCUT2D eigenvalue weighted by molar-refractivity contribution is 9.10. The Bertz CT molecular complexity index is 1330. The van der Waals surface area contributed by atoms with Crippen LogP contribution in [0.1, 0.15) is 0 Å². The molecule has 148 valence electrons. The molecule has 0 spiro atoms. The SMILES string of the molecule is COc1cc(Cl)ccc1S(=O)(=O)Nc1ccc2nnc(-c3cccc(Br)c3)n2n1. The number of ether oxygens (including phenoxy) is 1. The zero-order valence-electron chi connectivity index (χ0n) is 14.9. The van der Waals surface area contributed by atoms with Crippen LogP contribution < -0.4 is 9.46 Å². The summed E-state index contributed by atoms with van der Waals surface area (Å²) in [6.07, 6.45) is 0. The molecule has 11 heteroatoms. The summed E-state index contributed by atoms with van der Waals surface area (Å²) in [7, 11) is -2.60. The highest BCUT2D eigenvalue weighted by Crippen LogP contribution is 2.29. The largest absolute Gasteiger partial charge is 0.495 e. The smallest absolute Gasteiger partial charge is 0.266 e. The number of sulfonamides is 1. The molecule has 0 bridgehead atoms. The lowest BCUT2D eigenvalue weighted by Gasteiger charge is -2.11. The number of benzene rings is 2. The van der Waals surface area contributed by atoms with Gasteiger partial charge in [-0.1, -0.05) is 39.7 Å². The predicted octanol–water partition coefficient (Wildman–Crippen LogP) is 4.02. The second-order valence-corrected chi connectivity index (χ2v) is 8.93. The maximum absolute atomic E-state index is 12.8. The van der Waals surface area contributed by atoms with Gasteiger partial charge in [0.2, 0.25) is 0 Å². The second kappa shape index (κ2) is 7.62. The third-order valence-corrected chi connectivity index (χ3v) is 6.12. The third-order valence-electron chi connectivity index (χ3n) is 4.00. The number of halogens is 2. The van der Waals surface area contributed by atoms with Crippen LogP contribution in [-0.4, -0.2) is 35.3 Å². The lowest BCUT2D eigenvalue weighted by atomic mass is 10.2. The number of methoxy groups -OCH3 is 1. The molecule has 4 aromatic rings. The molecule has 0 aliphatic heterocycles. The van der Waals surface area contributed by atoms with E-state index in [1.165, 1.54) is 35.9 Å². The van der Waals surface area contributed by atoms with Crippen LogP contribution in [0.2, 0.25) is 5.02 Å². The van der Waals surface area contributed by atoms with E-state index < -0.39 is 10.0 Å². The maximum atomic E-state index is 12.8. The number of rotatable bonds is 5. The molecule has 4 rings (SSSR count). The van der Waals surface area contributed by atoms with E-state index in [0.29, 0.717) is 16.5 Å². The van der Waals surface area contributed by atoms with Crippen LogP contribution in [0.15, 0.2) is 64.0 Å². The van der Waals surface area contributed by atoms with Crippen molar-refractivity contribution in [3.05, 3.63) is 64.1 Å². The number of hydrogen-bond donors (Lipinski definition) is 1. The summed E-state index contributed by atoms with van der Waals surface area (Å²) >= 11 is 9.34. The fourth-order valence-electron chi connectivity index (χ4n) is 2.71. The van der Waals surface area contributed by atoms with Gasteiger partial charge in [-0.15, -0.1) is 15.3 Å². The Morgan fingerprint density at radius 1 is 1.10 bits per heavy atom. The summed E-state index contributed by atoms with van der Waals surface area (Å²) in [5, 5.41) is 12.9. The molecule has 2 aromatic carbocycles. The highest BCUT2D eigenvalue weighted by Gasteiger charge is 2.21. The van der Waals surface area contributed by atoms with Crippen LogP contribution in [0.3, 0.4) is 0 Å². The van der Waals surface area contributed by atoms with Crippen LogP contribution >= 0.6 is 27.5 Å². The first-order valence-electron chi connectivity index (χ1n) is 8.22. The minimum atomic E-state index is -3.97. The van der Waals surface area contributed by atoms with Crippen LogP contribution in [0, 0.1) is 0 Å². The normalized spacial score (nSPS) is 11.6. The van der Waals surface area contributed by atoms with Crippen LogP contribution in [0.4, 0.5) is 5.82 Å². The fraction of sp³-hybridized carbons (Fsp3) is 0.0556. The van der Waals surface area contributed by atoms with E-state index in [0.717, 1.165) is 10.0 Å². The van der Waals surface area contributed by atoms with Gasteiger partial charge in [-0.25, -0.2) is 8.42 Å². The molecule has 2 heterocycles. The first-order valence-corrected chi connectivity index (χ1v) is 10.9. The molecule has 0 atom stereocenters. The Morgan fingerprint density at radius 2 is 1.93 bits per heavy atom. The van der Waals surface area contributed by atoms with Gasteiger partial charge in [0.1, 0.15) is 10.6 Å². The van der Waals surface area contributed by atoms with Gasteiger partial charge in [-0.2, -0.15) is 4.52 Å². The summed E-state index contributed by atoms with van der Waals surface area (Å²) in [6.45, 7) is 0. The Balaban J connectivity index is 1.75. The summed E-state index contributed by atoms with van der Waals surface area (Å²) in [6, 6.07) is 14.9. The van der Waals surface area contributed by atoms with Crippen molar-refractivity contribution < 1.29 is 13.2 Å². The lowest BCUT2D eigenvalue weighted by molar-refractivity contribution is 0.403. The molecule has 29 heavy (non-hydrogen) atoms. The zero-order valence-corrected chi connectivity index (χ0v) is 18.0. The van der Waals surface area contributed by atoms with Crippen molar-refractivity contribution in [3.63, 3.8) is 0 Å². The first kappa shape index (κ1) is 19.6. The average molecular weight is 495 g/mol. The van der Waals surface area contributed by atoms with Gasteiger partial charge < -0.3 is 4.74 Å². The Labute approximate surface area is 179 Å². The van der Waals surface area contributed by atoms with E-state index in [9.17, 15) is 8.42 Å². The van der Waals surface area contributed by atoms with Crippen molar-refractivity contribution in [1.82, 2.24) is 19.8 Å². The molecular weight excluding hydrogens is 482 g/mol. The predicted molar refractivity (Wildman–Crippen MR) is 113 cm³/mol. The molecule has 0 fully saturated rings. The molecule has 0 saturated carbocycles. The number of nitrogens with zero attached hydrogens (tertiary/aromatic N) is 4. The Hall–Kier alpha value is -2.69. The minimum Gasteiger partial charge on any atom is -0.495 e. The molecule has 0 aliphatic rings. The van der Waals surface area contributed by atoms with Crippen molar-refractivity contribution in [3.8, 4) is 17.1 Å². The van der Waals surface area contributed by atoms with Crippen molar-refractivity contribution in [2.24, 2.45) is 0 Å². The molecule has 0 unspecified atom stereocenters. The van der Waals surface area contributed by atoms with E-state index in [4.69, 9.17) is 16.3 Å². The molecule has 0 saturated heterocycles. The topological polar surface area (TPSA) is 98.5 Å². The summed E-state index contributed by atoms with van der Waals surface area (Å²) < 4.78 is 35.6. The Kier molecular flexibility index (Phi) is 5.15. The van der Waals surface area contributed by atoms with Crippen molar-refractivity contribution in [1.29, 1.82) is 0 Å². The van der Waals surface area contributed by atoms with E-state index in [1.54, 1.807) is 6.07 Å². The van der Waals surface area contributed by atoms with Gasteiger partial charge >= 0.3 is 0 Å². The summed E-state index contributed by atoms with van der Waals surface area (Å²) in [5.41, 5.74) is 1.26. The van der Waals surface area contributed by atoms with Crippen LogP contribution in [-0.2, 0) is 10.0 Å². The fourth-order valence-corrected chi connectivity index (χ4v) is 4.42. The molecule has 0 aliphatic carbocycles. The molecule has 8 nitrogen and oxygen atoms in total. The van der Waals surface area contributed by atoms with E-state index >= 15 is 0 Å². The molecule has 0 amide bonds. The standard InChI is InChI=1S/C18H13BrClN5O3S/c1-28-14-10-13(20)5-6-15(14)29(26,27)24-16-7-8-17-21-22-18(25(17)23-16)11-3-2-4-12(19)9-11/h2-10H,1H3,(H,23,24). The van der Waals surface area contributed by atoms with Crippen molar-refractivity contribution >= 4 is 49.0 Å². The quantitative estimate of drug-likeness (QED) is 0.450. The van der Waals surface area contributed by atoms with Crippen LogP contribution in [0.25, 0.3) is 17.0 Å². The number of nitrogens with one attached hydrogen (secondary N) is 1. The zero-order chi connectivity index (χ0) is 20.6. The number of hydrogen-bond acceptors (Lipinski definition) is 6. The summed E-state index contributed by atoms with van der Waals surface area (Å²) in [5.74, 6) is 0.710. The second-order valence-electron chi connectivity index (χ2n) is 5.92. The number of anilines is 1. The average Bonchev–Trinajstić information content (AvgIpc) is 3.10. The van der Waals surface area contributed by atoms with E-state index in [1.807, 2.05) is 24.3 Å². The number of aromatic nitrogens is 4. The highest BCUT2D eigenvalue weighted by atomic mass is 79.9. The first-order chi connectivity index (χ1) is 13.9. The third kappa shape index (κ3) is 3.91. The van der Waals surface area contributed by atoms with E-state index in [2.05, 4.69) is 35.9 Å². The molecule has 0 radical (unpaired) electrons. The summed E-state index contributed by atoms with van der Waals surface area (Å²) in [4.78, 5) is -0.0535. The van der Waals surface area contributed by atoms with Gasteiger partial charge in [-0.3, -0.25) is 4.72 Å². The van der Waals surface area contributed by atoms with Gasteiger partial charge in [0.15, 0.2) is 17.3 Å². The van der Waals surface area contributed by atoms with Gasteiger partial charge in [0.05, 0.1) is 7.11 Å². The van der Waals surface area contributed by atoms with Gasteiger partial charge in [0.25, 0.3) is 10.0 Å².